The lowest BCUT2D eigenvalue weighted by Gasteiger charge is -2.31. The third-order valence-electron chi connectivity index (χ3n) is 11.2. The minimum Gasteiger partial charge on any atom is -0.308 e. The third-order valence-corrected chi connectivity index (χ3v) is 14.3. The minimum absolute atomic E-state index is 0.813. The molecule has 1 aliphatic rings. The lowest BCUT2D eigenvalue weighted by molar-refractivity contribution is 0.592. The first-order valence-corrected chi connectivity index (χ1v) is 20.4. The van der Waals surface area contributed by atoms with Crippen LogP contribution in [0.3, 0.4) is 0 Å². The van der Waals surface area contributed by atoms with Crippen molar-refractivity contribution >= 4 is 55.6 Å². The monoisotopic (exact) mass is 720 g/mol. The number of hydrogen-bond acceptors (Lipinski definition) is 2. The van der Waals surface area contributed by atoms with Crippen molar-refractivity contribution in [2.45, 2.75) is 0 Å². The zero-order valence-electron chi connectivity index (χ0n) is 29.8. The number of hydrogen-bond donors (Lipinski definition) is 0. The number of benzene rings is 9. The minimum atomic E-state index is -3.43. The molecule has 258 valence electrons. The van der Waals surface area contributed by atoms with Gasteiger partial charge in [0.05, 0.1) is 22.0 Å². The molecule has 1 atom stereocenters. The van der Waals surface area contributed by atoms with Crippen molar-refractivity contribution in [3.05, 3.63) is 200 Å². The van der Waals surface area contributed by atoms with Crippen LogP contribution in [0.5, 0.6) is 0 Å². The van der Waals surface area contributed by atoms with E-state index in [4.69, 9.17) is 4.98 Å². The van der Waals surface area contributed by atoms with Crippen LogP contribution in [0, 0.1) is 0 Å². The number of para-hydroxylation sites is 1. The van der Waals surface area contributed by atoms with Crippen molar-refractivity contribution in [2.75, 3.05) is 0 Å². The largest absolute Gasteiger partial charge is 0.308 e. The summed E-state index contributed by atoms with van der Waals surface area (Å²) in [4.78, 5) is 5.21. The van der Waals surface area contributed by atoms with Gasteiger partial charge in [-0.2, -0.15) is 0 Å². The predicted octanol–water partition coefficient (Wildman–Crippen LogP) is 12.0. The fraction of sp³-hybridized carbons (Fsp3) is 0. The van der Waals surface area contributed by atoms with Gasteiger partial charge in [0.15, 0.2) is 7.14 Å². The van der Waals surface area contributed by atoms with Gasteiger partial charge in [0.25, 0.3) is 0 Å². The topological polar surface area (TPSA) is 34.9 Å². The van der Waals surface area contributed by atoms with Gasteiger partial charge >= 0.3 is 0 Å². The molecular formula is C51H33N2OP. The van der Waals surface area contributed by atoms with Gasteiger partial charge in [-0.3, -0.25) is 4.57 Å². The molecule has 2 heterocycles. The van der Waals surface area contributed by atoms with Crippen LogP contribution in [0.4, 0.5) is 0 Å². The van der Waals surface area contributed by atoms with Crippen LogP contribution in [0.15, 0.2) is 200 Å². The van der Waals surface area contributed by atoms with E-state index in [1.807, 2.05) is 60.7 Å². The Hall–Kier alpha value is -6.80. The Balaban J connectivity index is 1.27. The van der Waals surface area contributed by atoms with Crippen molar-refractivity contribution in [3.8, 4) is 50.5 Å². The summed E-state index contributed by atoms with van der Waals surface area (Å²) in [6, 6.07) is 69.8. The van der Waals surface area contributed by atoms with Gasteiger partial charge in [0.2, 0.25) is 0 Å². The number of rotatable bonds is 5. The average molecular weight is 721 g/mol. The summed E-state index contributed by atoms with van der Waals surface area (Å²) in [6.07, 6.45) is 0. The molecule has 0 aliphatic carbocycles. The van der Waals surface area contributed by atoms with Crippen LogP contribution < -0.4 is 15.9 Å². The van der Waals surface area contributed by atoms with E-state index in [-0.39, 0.29) is 0 Å². The quantitative estimate of drug-likeness (QED) is 0.131. The Morgan fingerprint density at radius 3 is 1.64 bits per heavy atom. The first-order chi connectivity index (χ1) is 27.2. The summed E-state index contributed by atoms with van der Waals surface area (Å²) >= 11 is 0. The van der Waals surface area contributed by atoms with E-state index in [2.05, 4.69) is 144 Å². The number of fused-ring (bicyclic) bond motifs is 4. The number of nitrogens with zero attached hydrogens (tertiary/aromatic N) is 2. The van der Waals surface area contributed by atoms with E-state index >= 15 is 4.57 Å². The predicted molar refractivity (Wildman–Crippen MR) is 231 cm³/mol. The smallest absolute Gasteiger partial charge is 0.175 e. The van der Waals surface area contributed by atoms with Gasteiger partial charge in [0.1, 0.15) is 5.82 Å². The molecule has 1 aliphatic heterocycles. The van der Waals surface area contributed by atoms with Crippen molar-refractivity contribution in [1.82, 2.24) is 9.55 Å². The lowest BCUT2D eigenvalue weighted by Crippen LogP contribution is -2.34. The van der Waals surface area contributed by atoms with Crippen LogP contribution in [-0.2, 0) is 4.57 Å². The number of imidazole rings is 1. The first kappa shape index (κ1) is 31.7. The second kappa shape index (κ2) is 12.4. The van der Waals surface area contributed by atoms with Gasteiger partial charge in [-0.15, -0.1) is 0 Å². The zero-order chi connectivity index (χ0) is 36.5. The molecule has 0 N–H and O–H groups in total. The van der Waals surface area contributed by atoms with Crippen LogP contribution in [0.25, 0.3) is 83.0 Å². The molecule has 0 amide bonds. The van der Waals surface area contributed by atoms with Crippen LogP contribution in [-0.4, -0.2) is 9.55 Å². The first-order valence-electron chi connectivity index (χ1n) is 18.7. The maximum Gasteiger partial charge on any atom is 0.175 e. The van der Waals surface area contributed by atoms with Gasteiger partial charge in [-0.05, 0) is 79.2 Å². The molecule has 0 saturated heterocycles. The molecular weight excluding hydrogens is 688 g/mol. The Morgan fingerprint density at radius 2 is 0.982 bits per heavy atom. The molecule has 4 heteroatoms. The maximum absolute atomic E-state index is 16.5. The van der Waals surface area contributed by atoms with Crippen molar-refractivity contribution in [1.29, 1.82) is 0 Å². The average Bonchev–Trinajstić information content (AvgIpc) is 3.66. The summed E-state index contributed by atoms with van der Waals surface area (Å²) in [5.41, 5.74) is 10.4. The molecule has 3 nitrogen and oxygen atoms in total. The Morgan fingerprint density at radius 1 is 0.436 bits per heavy atom. The van der Waals surface area contributed by atoms with Crippen LogP contribution >= 0.6 is 7.14 Å². The Labute approximate surface area is 319 Å². The molecule has 11 rings (SSSR count). The molecule has 55 heavy (non-hydrogen) atoms. The molecule has 0 radical (unpaired) electrons. The van der Waals surface area contributed by atoms with Gasteiger partial charge in [-0.1, -0.05) is 176 Å². The molecule has 0 fully saturated rings. The highest BCUT2D eigenvalue weighted by Gasteiger charge is 2.42. The molecule has 1 unspecified atom stereocenters. The Kier molecular flexibility index (Phi) is 7.14. The molecule has 10 aromatic rings. The van der Waals surface area contributed by atoms with Crippen LogP contribution in [0.1, 0.15) is 0 Å². The second-order valence-corrected chi connectivity index (χ2v) is 16.9. The molecule has 9 aromatic carbocycles. The summed E-state index contributed by atoms with van der Waals surface area (Å²) in [5.74, 6) is 0.838. The highest BCUT2D eigenvalue weighted by Crippen LogP contribution is 2.53. The third kappa shape index (κ3) is 4.70. The summed E-state index contributed by atoms with van der Waals surface area (Å²) in [5, 5.41) is 7.20. The van der Waals surface area contributed by atoms with E-state index < -0.39 is 7.14 Å². The zero-order valence-corrected chi connectivity index (χ0v) is 30.7. The molecule has 0 saturated carbocycles. The van der Waals surface area contributed by atoms with Crippen molar-refractivity contribution in [2.24, 2.45) is 0 Å². The van der Waals surface area contributed by atoms with E-state index in [1.165, 1.54) is 32.8 Å². The standard InChI is InChI=1S/C51H33N2OP/c54-55(38-23-11-4-12-24-38)46-30-16-28-44-49(46)53(51(52-44)36-21-9-3-10-22-36)45-29-15-27-39(50(45)55)37-31-32-42-43(33-37)48(35-19-7-2-8-20-35)41-26-14-13-25-40(41)47(42)34-17-5-1-6-18-34/h1-33H. The Bertz CT molecular complexity index is 3150. The van der Waals surface area contributed by atoms with E-state index in [9.17, 15) is 0 Å². The van der Waals surface area contributed by atoms with Gasteiger partial charge < -0.3 is 4.57 Å². The molecule has 0 spiro atoms. The highest BCUT2D eigenvalue weighted by atomic mass is 31.2. The summed E-state index contributed by atoms with van der Waals surface area (Å²) < 4.78 is 18.8. The lowest BCUT2D eigenvalue weighted by atomic mass is 9.85. The molecule has 1 aromatic heterocycles. The van der Waals surface area contributed by atoms with E-state index in [0.717, 1.165) is 66.1 Å². The summed E-state index contributed by atoms with van der Waals surface area (Å²) in [7, 11) is -3.43. The van der Waals surface area contributed by atoms with E-state index in [0.29, 0.717) is 0 Å². The van der Waals surface area contributed by atoms with Crippen LogP contribution in [0.2, 0.25) is 0 Å². The highest BCUT2D eigenvalue weighted by molar-refractivity contribution is 7.86. The summed E-state index contributed by atoms with van der Waals surface area (Å²) in [6.45, 7) is 0. The SMILES string of the molecule is O=P1(c2ccccc2)c2c(-c3ccc4c(-c5ccccc5)c5ccccc5c(-c5ccccc5)c4c3)cccc2-n2c(-c3ccccc3)nc3cccc1c32. The van der Waals surface area contributed by atoms with E-state index in [1.54, 1.807) is 0 Å². The number of aromatic nitrogens is 2. The van der Waals surface area contributed by atoms with Gasteiger partial charge in [0, 0.05) is 16.2 Å². The maximum atomic E-state index is 16.5. The normalized spacial score (nSPS) is 14.7. The van der Waals surface area contributed by atoms with Gasteiger partial charge in [-0.25, -0.2) is 4.98 Å². The van der Waals surface area contributed by atoms with Crippen molar-refractivity contribution < 1.29 is 4.57 Å². The van der Waals surface area contributed by atoms with Crippen molar-refractivity contribution in [3.63, 3.8) is 0 Å². The fourth-order valence-corrected chi connectivity index (χ4v) is 12.1. The fourth-order valence-electron chi connectivity index (χ4n) is 8.86. The molecule has 0 bridgehead atoms. The second-order valence-electron chi connectivity index (χ2n) is 14.2.